The smallest absolute Gasteiger partial charge is 0.207 e. The molecule has 132 valence electrons. The maximum absolute atomic E-state index is 13.2. The van der Waals surface area contributed by atoms with Crippen molar-refractivity contribution in [1.29, 1.82) is 0 Å². The average Bonchev–Trinajstić information content (AvgIpc) is 2.68. The molecule has 0 unspecified atom stereocenters. The van der Waals surface area contributed by atoms with Crippen molar-refractivity contribution in [1.82, 2.24) is 5.32 Å². The normalized spacial score (nSPS) is 25.9. The van der Waals surface area contributed by atoms with E-state index in [1.807, 2.05) is 24.3 Å². The Morgan fingerprint density at radius 2 is 1.26 bits per heavy atom. The summed E-state index contributed by atoms with van der Waals surface area (Å²) in [6.07, 6.45) is 2.51. The monoisotopic (exact) mass is 421 g/mol. The van der Waals surface area contributed by atoms with E-state index in [-0.39, 0.29) is 33.3 Å². The van der Waals surface area contributed by atoms with Crippen LogP contribution in [0.5, 0.6) is 0 Å². The minimum atomic E-state index is -0.696. The molecule has 0 saturated carbocycles. The van der Waals surface area contributed by atoms with Gasteiger partial charge in [-0.1, -0.05) is 24.3 Å². The molecule has 0 radical (unpaired) electrons. The van der Waals surface area contributed by atoms with E-state index in [0.717, 1.165) is 11.1 Å². The fraction of sp³-hybridized carbons (Fsp3) is 0.143. The summed E-state index contributed by atoms with van der Waals surface area (Å²) in [5.74, 6) is -2.58. The third-order valence-corrected chi connectivity index (χ3v) is 6.41. The van der Waals surface area contributed by atoms with E-state index >= 15 is 0 Å². The second-order valence-electron chi connectivity index (χ2n) is 6.81. The number of carbonyl (C=O) groups is 4. The van der Waals surface area contributed by atoms with Gasteiger partial charge in [0.05, 0.1) is 4.48 Å². The molecule has 0 saturated heterocycles. The number of allylic oxidation sites excluding steroid dienone is 7. The van der Waals surface area contributed by atoms with Crippen LogP contribution in [0.1, 0.15) is 23.0 Å². The summed E-state index contributed by atoms with van der Waals surface area (Å²) >= 11 is 3.24. The van der Waals surface area contributed by atoms with Crippen molar-refractivity contribution in [2.24, 2.45) is 0 Å². The number of nitrogens with one attached hydrogen (secondary N) is 1. The van der Waals surface area contributed by atoms with Gasteiger partial charge in [0, 0.05) is 41.2 Å². The first kappa shape index (κ1) is 16.3. The van der Waals surface area contributed by atoms with E-state index in [1.54, 1.807) is 7.05 Å². The van der Waals surface area contributed by atoms with Crippen LogP contribution in [-0.4, -0.2) is 30.2 Å². The number of rotatable bonds is 1. The summed E-state index contributed by atoms with van der Waals surface area (Å²) < 4.78 is 0.158. The number of hydrogen-bond donors (Lipinski definition) is 1. The van der Waals surface area contributed by atoms with Crippen LogP contribution in [0, 0.1) is 0 Å². The lowest BCUT2D eigenvalue weighted by atomic mass is 9.56. The van der Waals surface area contributed by atoms with Crippen LogP contribution in [0.2, 0.25) is 0 Å². The van der Waals surface area contributed by atoms with Crippen molar-refractivity contribution < 1.29 is 19.2 Å². The maximum atomic E-state index is 13.2. The van der Waals surface area contributed by atoms with Gasteiger partial charge in [0.15, 0.2) is 17.3 Å². The van der Waals surface area contributed by atoms with Crippen molar-refractivity contribution in [2.45, 2.75) is 11.8 Å². The summed E-state index contributed by atoms with van der Waals surface area (Å²) in [5, 5.41) is 2.79. The minimum Gasteiger partial charge on any atom is -0.384 e. The quantitative estimate of drug-likeness (QED) is 0.702. The number of ketones is 4. The highest BCUT2D eigenvalue weighted by Gasteiger charge is 2.54. The number of halogens is 1. The zero-order valence-corrected chi connectivity index (χ0v) is 15.7. The van der Waals surface area contributed by atoms with Gasteiger partial charge in [0.25, 0.3) is 0 Å². The molecular formula is C21H12BrNO4. The second kappa shape index (κ2) is 5.33. The number of benzene rings is 1. The minimum absolute atomic E-state index is 0.158. The lowest BCUT2D eigenvalue weighted by Gasteiger charge is -2.44. The Labute approximate surface area is 162 Å². The lowest BCUT2D eigenvalue weighted by Crippen LogP contribution is -2.42. The fourth-order valence-electron chi connectivity index (χ4n) is 4.65. The summed E-state index contributed by atoms with van der Waals surface area (Å²) in [7, 11) is 1.57. The van der Waals surface area contributed by atoms with E-state index in [9.17, 15) is 19.2 Å². The molecule has 5 nitrogen and oxygen atoms in total. The Morgan fingerprint density at radius 3 is 1.74 bits per heavy atom. The molecule has 2 bridgehead atoms. The molecule has 1 aromatic carbocycles. The molecule has 6 heteroatoms. The highest BCUT2D eigenvalue weighted by atomic mass is 79.9. The van der Waals surface area contributed by atoms with Gasteiger partial charge in [-0.25, -0.2) is 0 Å². The number of carbonyl (C=O) groups excluding carboxylic acids is 4. The molecule has 27 heavy (non-hydrogen) atoms. The van der Waals surface area contributed by atoms with E-state index in [4.69, 9.17) is 0 Å². The molecule has 1 N–H and O–H groups in total. The molecule has 0 fully saturated rings. The van der Waals surface area contributed by atoms with Crippen molar-refractivity contribution >= 4 is 39.1 Å². The highest BCUT2D eigenvalue weighted by Crippen LogP contribution is 2.58. The average molecular weight is 422 g/mol. The number of likely N-dealkylation sites (N-methyl/N-ethyl adjacent to an activating group) is 1. The van der Waals surface area contributed by atoms with Crippen molar-refractivity contribution in [2.75, 3.05) is 7.05 Å². The van der Waals surface area contributed by atoms with Gasteiger partial charge < -0.3 is 5.32 Å². The van der Waals surface area contributed by atoms with Crippen LogP contribution in [0.4, 0.5) is 0 Å². The van der Waals surface area contributed by atoms with Crippen LogP contribution in [-0.2, 0) is 19.2 Å². The lowest BCUT2D eigenvalue weighted by molar-refractivity contribution is -0.118. The molecule has 5 aliphatic rings. The van der Waals surface area contributed by atoms with Crippen LogP contribution in [0.3, 0.4) is 0 Å². The Kier molecular flexibility index (Phi) is 3.22. The van der Waals surface area contributed by atoms with E-state index in [0.29, 0.717) is 22.3 Å². The third kappa shape index (κ3) is 1.83. The third-order valence-electron chi connectivity index (χ3n) is 5.66. The second-order valence-corrected chi connectivity index (χ2v) is 7.60. The van der Waals surface area contributed by atoms with E-state index in [1.165, 1.54) is 12.2 Å². The Balaban J connectivity index is 1.86. The van der Waals surface area contributed by atoms with Crippen molar-refractivity contribution in [3.05, 3.63) is 80.0 Å². The topological polar surface area (TPSA) is 80.3 Å². The van der Waals surface area contributed by atoms with E-state index in [2.05, 4.69) is 21.2 Å². The molecule has 0 amide bonds. The van der Waals surface area contributed by atoms with Gasteiger partial charge in [0.2, 0.25) is 5.78 Å². The van der Waals surface area contributed by atoms with Crippen LogP contribution in [0.25, 0.3) is 0 Å². The Hall–Kier alpha value is -2.86. The molecule has 0 aromatic heterocycles. The molecule has 0 aliphatic heterocycles. The van der Waals surface area contributed by atoms with Gasteiger partial charge >= 0.3 is 0 Å². The van der Waals surface area contributed by atoms with E-state index < -0.39 is 11.8 Å². The summed E-state index contributed by atoms with van der Waals surface area (Å²) in [5.41, 5.74) is 3.09. The maximum Gasteiger partial charge on any atom is 0.207 e. The van der Waals surface area contributed by atoms with Gasteiger partial charge in [-0.2, -0.15) is 0 Å². The number of hydrogen-bond acceptors (Lipinski definition) is 5. The van der Waals surface area contributed by atoms with Crippen molar-refractivity contribution in [3.63, 3.8) is 0 Å². The first-order valence-electron chi connectivity index (χ1n) is 8.48. The first-order valence-corrected chi connectivity index (χ1v) is 9.27. The first-order chi connectivity index (χ1) is 13.0. The standard InChI is InChI=1S/C21H12BrNO4/c1-23-19-18(22)20(26)16-12-8-4-2-3-5-9(8)13(17(16)21(19)27)15-11(25)7-6-10(24)14(12)15/h2-7,12-13,23H,1H3/t12-,13+/m0/s1. The van der Waals surface area contributed by atoms with Crippen LogP contribution >= 0.6 is 15.9 Å². The molecule has 1 aromatic rings. The zero-order chi connectivity index (χ0) is 19.0. The molecule has 5 aliphatic carbocycles. The van der Waals surface area contributed by atoms with Crippen LogP contribution < -0.4 is 5.32 Å². The summed E-state index contributed by atoms with van der Waals surface area (Å²) in [4.78, 5) is 51.7. The SMILES string of the molecule is CNC1=C(Br)C(=O)C2=C(C1=O)[C@H]1C3=C(C(=O)C=CC3=O)[C@@H]2c2ccccc21. The molecule has 0 heterocycles. The van der Waals surface area contributed by atoms with Crippen molar-refractivity contribution in [3.8, 4) is 0 Å². The largest absolute Gasteiger partial charge is 0.384 e. The molecule has 2 atom stereocenters. The predicted octanol–water partition coefficient (Wildman–Crippen LogP) is 2.16. The van der Waals surface area contributed by atoms with Gasteiger partial charge in [-0.3, -0.25) is 19.2 Å². The Bertz CT molecular complexity index is 1150. The van der Waals surface area contributed by atoms with Gasteiger partial charge in [-0.05, 0) is 39.2 Å². The zero-order valence-electron chi connectivity index (χ0n) is 14.1. The Morgan fingerprint density at radius 1 is 0.778 bits per heavy atom. The molecule has 0 spiro atoms. The van der Waals surface area contributed by atoms with Crippen LogP contribution in [0.15, 0.2) is 68.9 Å². The van der Waals surface area contributed by atoms with Gasteiger partial charge in [-0.15, -0.1) is 0 Å². The predicted molar refractivity (Wildman–Crippen MR) is 100 cm³/mol. The highest BCUT2D eigenvalue weighted by molar-refractivity contribution is 9.12. The summed E-state index contributed by atoms with van der Waals surface area (Å²) in [6.45, 7) is 0. The number of Topliss-reactive ketones (excluding diaryl/α,β-unsaturated/α-hetero) is 2. The summed E-state index contributed by atoms with van der Waals surface area (Å²) in [6, 6.07) is 7.40. The fourth-order valence-corrected chi connectivity index (χ4v) is 5.24. The molecule has 6 rings (SSSR count). The van der Waals surface area contributed by atoms with Gasteiger partial charge in [0.1, 0.15) is 5.70 Å². The molecular weight excluding hydrogens is 410 g/mol.